The van der Waals surface area contributed by atoms with E-state index in [1.165, 1.54) is 11.1 Å². The first-order chi connectivity index (χ1) is 15.4. The van der Waals surface area contributed by atoms with E-state index in [1.54, 1.807) is 6.21 Å². The number of rotatable bonds is 9. The smallest absolute Gasteiger partial charge is 0.244 e. The van der Waals surface area contributed by atoms with Crippen LogP contribution in [0.4, 0.5) is 0 Å². The third-order valence-electron chi connectivity index (χ3n) is 4.91. The number of halogens is 1. The van der Waals surface area contributed by atoms with Crippen molar-refractivity contribution in [2.45, 2.75) is 33.8 Å². The predicted molar refractivity (Wildman–Crippen MR) is 131 cm³/mol. The number of carbonyl (C=O) groups excluding carboxylic acids is 1. The van der Waals surface area contributed by atoms with Crippen LogP contribution in [-0.2, 0) is 17.8 Å². The molecule has 0 fully saturated rings. The molecule has 3 aromatic rings. The molecule has 0 aliphatic heterocycles. The fraction of sp³-hybridized carbons (Fsp3) is 0.231. The second kappa shape index (κ2) is 11.5. The Balaban J connectivity index is 1.59. The Morgan fingerprint density at radius 1 is 0.938 bits per heavy atom. The molecule has 3 rings (SSSR count). The molecule has 6 heteroatoms. The van der Waals surface area contributed by atoms with Crippen LogP contribution in [0.5, 0.6) is 11.5 Å². The molecule has 32 heavy (non-hydrogen) atoms. The average molecular weight is 495 g/mol. The van der Waals surface area contributed by atoms with Gasteiger partial charge in [-0.1, -0.05) is 46.3 Å². The predicted octanol–water partition coefficient (Wildman–Crippen LogP) is 5.74. The maximum atomic E-state index is 12.2. The van der Waals surface area contributed by atoms with Crippen molar-refractivity contribution in [2.75, 3.05) is 6.61 Å². The normalized spacial score (nSPS) is 10.9. The second-order valence-electron chi connectivity index (χ2n) is 7.44. The molecule has 0 bridgehead atoms. The summed E-state index contributed by atoms with van der Waals surface area (Å²) in [6.45, 7) is 6.97. The highest BCUT2D eigenvalue weighted by Crippen LogP contribution is 2.29. The number of benzene rings is 3. The van der Waals surface area contributed by atoms with Gasteiger partial charge in [0.1, 0.15) is 6.61 Å². The van der Waals surface area contributed by atoms with Crippen molar-refractivity contribution in [1.29, 1.82) is 0 Å². The molecule has 166 valence electrons. The van der Waals surface area contributed by atoms with Crippen LogP contribution in [0.2, 0.25) is 0 Å². The van der Waals surface area contributed by atoms with Crippen LogP contribution in [0.3, 0.4) is 0 Å². The number of hydrazone groups is 1. The Kier molecular flexibility index (Phi) is 8.45. The first-order valence-electron chi connectivity index (χ1n) is 10.5. The van der Waals surface area contributed by atoms with E-state index in [0.717, 1.165) is 21.2 Å². The van der Waals surface area contributed by atoms with Gasteiger partial charge in [0.2, 0.25) is 5.91 Å². The highest BCUT2D eigenvalue weighted by atomic mass is 79.9. The quantitative estimate of drug-likeness (QED) is 0.305. The van der Waals surface area contributed by atoms with E-state index < -0.39 is 0 Å². The topological polar surface area (TPSA) is 59.9 Å². The Morgan fingerprint density at radius 3 is 2.41 bits per heavy atom. The number of nitrogens with one attached hydrogen (secondary N) is 1. The van der Waals surface area contributed by atoms with E-state index in [-0.39, 0.29) is 12.3 Å². The van der Waals surface area contributed by atoms with E-state index in [0.29, 0.717) is 24.7 Å². The van der Waals surface area contributed by atoms with Crippen LogP contribution >= 0.6 is 15.9 Å². The van der Waals surface area contributed by atoms with Gasteiger partial charge in [0.15, 0.2) is 11.5 Å². The number of amides is 1. The van der Waals surface area contributed by atoms with Crippen molar-refractivity contribution in [3.63, 3.8) is 0 Å². The van der Waals surface area contributed by atoms with Crippen LogP contribution < -0.4 is 14.9 Å². The van der Waals surface area contributed by atoms with Gasteiger partial charge in [-0.25, -0.2) is 5.43 Å². The number of carbonyl (C=O) groups is 1. The van der Waals surface area contributed by atoms with Crippen molar-refractivity contribution >= 4 is 28.1 Å². The maximum absolute atomic E-state index is 12.2. The van der Waals surface area contributed by atoms with Crippen molar-refractivity contribution in [1.82, 2.24) is 5.43 Å². The van der Waals surface area contributed by atoms with Gasteiger partial charge in [-0.05, 0) is 78.9 Å². The van der Waals surface area contributed by atoms with Gasteiger partial charge in [0.05, 0.1) is 19.2 Å². The van der Waals surface area contributed by atoms with Crippen molar-refractivity contribution in [3.8, 4) is 11.5 Å². The Bertz CT molecular complexity index is 1090. The standard InChI is InChI=1S/C26H27BrN2O3/c1-4-31-25-14-22(9-12-24(25)32-17-20-7-10-23(27)11-8-20)16-28-29-26(30)15-21-6-5-18(2)19(3)13-21/h5-14,16H,4,15,17H2,1-3H3,(H,29,30)/b28-16-. The minimum Gasteiger partial charge on any atom is -0.490 e. The third kappa shape index (κ3) is 6.95. The summed E-state index contributed by atoms with van der Waals surface area (Å²) in [5.41, 5.74) is 7.80. The van der Waals surface area contributed by atoms with Crippen molar-refractivity contribution in [3.05, 3.63) is 93.0 Å². The van der Waals surface area contributed by atoms with Gasteiger partial charge in [0, 0.05) is 4.47 Å². The van der Waals surface area contributed by atoms with Crippen molar-refractivity contribution in [2.24, 2.45) is 5.10 Å². The lowest BCUT2D eigenvalue weighted by Crippen LogP contribution is -2.19. The first kappa shape index (κ1) is 23.5. The summed E-state index contributed by atoms with van der Waals surface area (Å²) in [6, 6.07) is 19.6. The van der Waals surface area contributed by atoms with Crippen LogP contribution in [0.1, 0.15) is 34.7 Å². The van der Waals surface area contributed by atoms with E-state index in [9.17, 15) is 4.79 Å². The summed E-state index contributed by atoms with van der Waals surface area (Å²) >= 11 is 3.43. The number of ether oxygens (including phenoxy) is 2. The van der Waals surface area contributed by atoms with Gasteiger partial charge in [-0.3, -0.25) is 4.79 Å². The van der Waals surface area contributed by atoms with E-state index >= 15 is 0 Å². The largest absolute Gasteiger partial charge is 0.490 e. The molecule has 3 aromatic carbocycles. The fourth-order valence-electron chi connectivity index (χ4n) is 3.05. The van der Waals surface area contributed by atoms with E-state index in [2.05, 4.69) is 33.4 Å². The zero-order valence-electron chi connectivity index (χ0n) is 18.5. The number of hydrogen-bond donors (Lipinski definition) is 1. The molecule has 0 heterocycles. The molecule has 1 amide bonds. The molecule has 0 aliphatic carbocycles. The maximum Gasteiger partial charge on any atom is 0.244 e. The van der Waals surface area contributed by atoms with Gasteiger partial charge < -0.3 is 9.47 Å². The molecule has 0 aromatic heterocycles. The van der Waals surface area contributed by atoms with E-state index in [4.69, 9.17) is 9.47 Å². The summed E-state index contributed by atoms with van der Waals surface area (Å²) in [7, 11) is 0. The SMILES string of the molecule is CCOc1cc(/C=N\NC(=O)Cc2ccc(C)c(C)c2)ccc1OCc1ccc(Br)cc1. The Hall–Kier alpha value is -3.12. The molecule has 0 saturated carbocycles. The zero-order valence-corrected chi connectivity index (χ0v) is 20.1. The van der Waals surface area contributed by atoms with Crippen LogP contribution in [0.25, 0.3) is 0 Å². The number of aryl methyl sites for hydroxylation is 2. The Labute approximate surface area is 197 Å². The summed E-state index contributed by atoms with van der Waals surface area (Å²) in [4.78, 5) is 12.2. The summed E-state index contributed by atoms with van der Waals surface area (Å²) in [6.07, 6.45) is 1.88. The summed E-state index contributed by atoms with van der Waals surface area (Å²) in [5.74, 6) is 1.13. The first-order valence-corrected chi connectivity index (χ1v) is 11.3. The Morgan fingerprint density at radius 2 is 1.69 bits per heavy atom. The average Bonchev–Trinajstić information content (AvgIpc) is 2.77. The van der Waals surface area contributed by atoms with Crippen LogP contribution in [0.15, 0.2) is 70.2 Å². The van der Waals surface area contributed by atoms with Gasteiger partial charge >= 0.3 is 0 Å². The highest BCUT2D eigenvalue weighted by Gasteiger charge is 2.07. The second-order valence-corrected chi connectivity index (χ2v) is 8.36. The van der Waals surface area contributed by atoms with Gasteiger partial charge in [-0.15, -0.1) is 0 Å². The van der Waals surface area contributed by atoms with Gasteiger partial charge in [0.25, 0.3) is 0 Å². The lowest BCUT2D eigenvalue weighted by atomic mass is 10.0. The lowest BCUT2D eigenvalue weighted by Gasteiger charge is -2.12. The summed E-state index contributed by atoms with van der Waals surface area (Å²) < 4.78 is 12.7. The van der Waals surface area contributed by atoms with Crippen molar-refractivity contribution < 1.29 is 14.3 Å². The summed E-state index contributed by atoms with van der Waals surface area (Å²) in [5, 5.41) is 4.09. The minimum absolute atomic E-state index is 0.163. The highest BCUT2D eigenvalue weighted by molar-refractivity contribution is 9.10. The molecule has 0 saturated heterocycles. The number of nitrogens with zero attached hydrogens (tertiary/aromatic N) is 1. The van der Waals surface area contributed by atoms with Crippen LogP contribution in [0, 0.1) is 13.8 Å². The molecule has 5 nitrogen and oxygen atoms in total. The molecule has 0 atom stereocenters. The molecule has 0 spiro atoms. The molecule has 0 unspecified atom stereocenters. The zero-order chi connectivity index (χ0) is 22.9. The minimum atomic E-state index is -0.163. The molecular formula is C26H27BrN2O3. The number of hydrogen-bond acceptors (Lipinski definition) is 4. The van der Waals surface area contributed by atoms with Crippen LogP contribution in [-0.4, -0.2) is 18.7 Å². The molecule has 0 aliphatic rings. The molecular weight excluding hydrogens is 468 g/mol. The monoisotopic (exact) mass is 494 g/mol. The fourth-order valence-corrected chi connectivity index (χ4v) is 3.32. The molecule has 1 N–H and O–H groups in total. The van der Waals surface area contributed by atoms with E-state index in [1.807, 2.05) is 74.5 Å². The van der Waals surface area contributed by atoms with Gasteiger partial charge in [-0.2, -0.15) is 5.10 Å². The lowest BCUT2D eigenvalue weighted by molar-refractivity contribution is -0.120. The molecule has 0 radical (unpaired) electrons. The third-order valence-corrected chi connectivity index (χ3v) is 5.44.